The van der Waals surface area contributed by atoms with Gasteiger partial charge in [-0.15, -0.1) is 0 Å². The molecular formula is C27H41FN2O3. The molecule has 1 heterocycles. The Hall–Kier alpha value is -2.24. The van der Waals surface area contributed by atoms with Crippen molar-refractivity contribution in [3.05, 3.63) is 35.1 Å². The standard InChI is InChI=1S/C25H33FN2O3.C2H6.H2/c1-16(29)23(18-5-3-2-4-6-18)27-24(30)21-15-20(9-10-22(21)26)17-11-13-28(14-12-17)25(31)19-7-8-19;1-2;/h9-10,15,17-19,23H,2-8,11-14H2,1H3,(H,27,30);1-2H3;1H/t23-;;/m0../s1. The van der Waals surface area contributed by atoms with E-state index in [-0.39, 0.29) is 36.4 Å². The second-order valence-corrected chi connectivity index (χ2v) is 9.57. The van der Waals surface area contributed by atoms with Gasteiger partial charge in [0.15, 0.2) is 5.78 Å². The van der Waals surface area contributed by atoms with E-state index in [4.69, 9.17) is 0 Å². The third-order valence-electron chi connectivity index (χ3n) is 7.29. The van der Waals surface area contributed by atoms with Crippen LogP contribution in [0.4, 0.5) is 4.39 Å². The molecule has 1 aromatic carbocycles. The number of Topliss-reactive ketones (excluding diaryl/α,β-unsaturated/α-hetero) is 1. The van der Waals surface area contributed by atoms with Gasteiger partial charge in [-0.05, 0) is 75.0 Å². The smallest absolute Gasteiger partial charge is 0.254 e. The number of likely N-dealkylation sites (tertiary alicyclic amines) is 1. The summed E-state index contributed by atoms with van der Waals surface area (Å²) < 4.78 is 14.5. The molecule has 0 spiro atoms. The fourth-order valence-corrected chi connectivity index (χ4v) is 5.23. The van der Waals surface area contributed by atoms with E-state index in [0.717, 1.165) is 63.4 Å². The van der Waals surface area contributed by atoms with Crippen molar-refractivity contribution in [2.75, 3.05) is 13.1 Å². The third kappa shape index (κ3) is 6.42. The highest BCUT2D eigenvalue weighted by atomic mass is 19.1. The van der Waals surface area contributed by atoms with Crippen molar-refractivity contribution in [2.45, 2.75) is 90.5 Å². The minimum absolute atomic E-state index is 0. The average Bonchev–Trinajstić information content (AvgIpc) is 3.69. The van der Waals surface area contributed by atoms with E-state index in [1.807, 2.05) is 18.7 Å². The quantitative estimate of drug-likeness (QED) is 0.611. The summed E-state index contributed by atoms with van der Waals surface area (Å²) in [7, 11) is 0. The number of nitrogens with one attached hydrogen (secondary N) is 1. The Kier molecular flexibility index (Phi) is 9.04. The molecule has 1 atom stereocenters. The monoisotopic (exact) mass is 460 g/mol. The topological polar surface area (TPSA) is 66.5 Å². The van der Waals surface area contributed by atoms with Gasteiger partial charge in [-0.1, -0.05) is 39.2 Å². The molecule has 6 heteroatoms. The second kappa shape index (κ2) is 11.8. The number of amides is 2. The van der Waals surface area contributed by atoms with Crippen molar-refractivity contribution in [1.29, 1.82) is 0 Å². The highest BCUT2D eigenvalue weighted by Gasteiger charge is 2.35. The van der Waals surface area contributed by atoms with Crippen LogP contribution in [-0.4, -0.2) is 41.6 Å². The summed E-state index contributed by atoms with van der Waals surface area (Å²) in [4.78, 5) is 39.4. The van der Waals surface area contributed by atoms with Crippen LogP contribution in [0.15, 0.2) is 18.2 Å². The first-order valence-corrected chi connectivity index (χ1v) is 12.8. The van der Waals surface area contributed by atoms with Gasteiger partial charge in [0.05, 0.1) is 11.6 Å². The summed E-state index contributed by atoms with van der Waals surface area (Å²) in [5.41, 5.74) is 0.943. The van der Waals surface area contributed by atoms with Crippen LogP contribution in [0.3, 0.4) is 0 Å². The van der Waals surface area contributed by atoms with Crippen molar-refractivity contribution >= 4 is 17.6 Å². The van der Waals surface area contributed by atoms with E-state index in [0.29, 0.717) is 13.1 Å². The van der Waals surface area contributed by atoms with Gasteiger partial charge in [0, 0.05) is 20.4 Å². The Morgan fingerprint density at radius 1 is 1.00 bits per heavy atom. The number of rotatable bonds is 6. The zero-order valence-electron chi connectivity index (χ0n) is 20.4. The lowest BCUT2D eigenvalue weighted by atomic mass is 9.82. The number of ketones is 1. The Morgan fingerprint density at radius 2 is 1.64 bits per heavy atom. The molecule has 2 amide bonds. The molecule has 0 unspecified atom stereocenters. The molecule has 0 aromatic heterocycles. The van der Waals surface area contributed by atoms with Gasteiger partial charge < -0.3 is 10.2 Å². The van der Waals surface area contributed by atoms with E-state index in [9.17, 15) is 18.8 Å². The number of carbonyl (C=O) groups is 3. The minimum Gasteiger partial charge on any atom is -0.342 e. The van der Waals surface area contributed by atoms with Crippen molar-refractivity contribution < 1.29 is 20.2 Å². The fourth-order valence-electron chi connectivity index (χ4n) is 5.23. The maximum atomic E-state index is 14.5. The number of benzene rings is 1. The molecule has 0 bridgehead atoms. The Balaban J connectivity index is 0.00000133. The number of hydrogen-bond acceptors (Lipinski definition) is 3. The van der Waals surface area contributed by atoms with Crippen LogP contribution in [0.5, 0.6) is 0 Å². The molecule has 1 aliphatic heterocycles. The maximum absolute atomic E-state index is 14.5. The van der Waals surface area contributed by atoms with Crippen molar-refractivity contribution in [3.63, 3.8) is 0 Å². The van der Waals surface area contributed by atoms with E-state index in [1.165, 1.54) is 13.0 Å². The van der Waals surface area contributed by atoms with Crippen LogP contribution in [0.1, 0.15) is 102 Å². The van der Waals surface area contributed by atoms with E-state index >= 15 is 0 Å². The van der Waals surface area contributed by atoms with Gasteiger partial charge in [0.25, 0.3) is 5.91 Å². The van der Waals surface area contributed by atoms with Crippen LogP contribution in [0.2, 0.25) is 0 Å². The molecule has 184 valence electrons. The van der Waals surface area contributed by atoms with E-state index in [2.05, 4.69) is 5.32 Å². The Labute approximate surface area is 199 Å². The molecule has 3 fully saturated rings. The molecule has 2 saturated carbocycles. The average molecular weight is 461 g/mol. The van der Waals surface area contributed by atoms with Crippen molar-refractivity contribution in [1.82, 2.24) is 10.2 Å². The summed E-state index contributed by atoms with van der Waals surface area (Å²) >= 11 is 0. The first-order chi connectivity index (χ1) is 15.9. The summed E-state index contributed by atoms with van der Waals surface area (Å²) in [5, 5.41) is 2.83. The Bertz CT molecular complexity index is 844. The van der Waals surface area contributed by atoms with Crippen LogP contribution < -0.4 is 5.32 Å². The molecular weight excluding hydrogens is 419 g/mol. The summed E-state index contributed by atoms with van der Waals surface area (Å²) in [6, 6.07) is 4.20. The molecule has 5 nitrogen and oxygen atoms in total. The van der Waals surface area contributed by atoms with Gasteiger partial charge in [0.1, 0.15) is 5.82 Å². The SMILES string of the molecule is CC.CC(=O)[C@H](NC(=O)c1cc(C2CCN(C(=O)C3CC3)CC2)ccc1F)C1CCCCC1.[HH]. The van der Waals surface area contributed by atoms with Crippen molar-refractivity contribution in [2.24, 2.45) is 11.8 Å². The highest BCUT2D eigenvalue weighted by molar-refractivity contribution is 5.98. The second-order valence-electron chi connectivity index (χ2n) is 9.57. The molecule has 33 heavy (non-hydrogen) atoms. The zero-order valence-corrected chi connectivity index (χ0v) is 20.4. The normalized spacial score (nSPS) is 20.4. The van der Waals surface area contributed by atoms with Gasteiger partial charge in [0.2, 0.25) is 5.91 Å². The number of hydrogen-bond donors (Lipinski definition) is 1. The number of halogens is 1. The first-order valence-electron chi connectivity index (χ1n) is 12.8. The van der Waals surface area contributed by atoms with Crippen LogP contribution in [0, 0.1) is 17.7 Å². The fraction of sp³-hybridized carbons (Fsp3) is 0.667. The first kappa shape index (κ1) is 25.4. The van der Waals surface area contributed by atoms with Gasteiger partial charge >= 0.3 is 0 Å². The van der Waals surface area contributed by atoms with Gasteiger partial charge in [-0.2, -0.15) is 0 Å². The minimum atomic E-state index is -0.562. The molecule has 3 aliphatic rings. The van der Waals surface area contributed by atoms with Crippen molar-refractivity contribution in [3.8, 4) is 0 Å². The lowest BCUT2D eigenvalue weighted by Gasteiger charge is -2.32. The Morgan fingerprint density at radius 3 is 2.21 bits per heavy atom. The number of piperidine rings is 1. The van der Waals surface area contributed by atoms with Gasteiger partial charge in [-0.3, -0.25) is 14.4 Å². The van der Waals surface area contributed by atoms with E-state index < -0.39 is 17.8 Å². The predicted molar refractivity (Wildman–Crippen MR) is 130 cm³/mol. The summed E-state index contributed by atoms with van der Waals surface area (Å²) in [5.74, 6) is -0.289. The lowest BCUT2D eigenvalue weighted by Crippen LogP contribution is -2.46. The van der Waals surface area contributed by atoms with E-state index in [1.54, 1.807) is 12.1 Å². The van der Waals surface area contributed by atoms with Crippen LogP contribution in [0.25, 0.3) is 0 Å². The third-order valence-corrected chi connectivity index (χ3v) is 7.29. The number of carbonyl (C=O) groups excluding carboxylic acids is 3. The summed E-state index contributed by atoms with van der Waals surface area (Å²) in [6.07, 6.45) is 8.81. The van der Waals surface area contributed by atoms with Gasteiger partial charge in [-0.25, -0.2) is 4.39 Å². The van der Waals surface area contributed by atoms with Crippen LogP contribution in [-0.2, 0) is 9.59 Å². The van der Waals surface area contributed by atoms with Crippen LogP contribution >= 0.6 is 0 Å². The highest BCUT2D eigenvalue weighted by Crippen LogP contribution is 2.35. The maximum Gasteiger partial charge on any atom is 0.254 e. The summed E-state index contributed by atoms with van der Waals surface area (Å²) in [6.45, 7) is 6.93. The number of nitrogens with zero attached hydrogens (tertiary/aromatic N) is 1. The molecule has 1 N–H and O–H groups in total. The largest absolute Gasteiger partial charge is 0.342 e. The molecule has 1 aromatic rings. The molecule has 0 radical (unpaired) electrons. The molecule has 2 aliphatic carbocycles. The molecule has 1 saturated heterocycles. The molecule has 4 rings (SSSR count). The lowest BCUT2D eigenvalue weighted by molar-refractivity contribution is -0.133. The predicted octanol–water partition coefficient (Wildman–Crippen LogP) is 5.48. The zero-order chi connectivity index (χ0) is 24.0.